The molecular weight excluding hydrogens is 162 g/mol. The minimum atomic E-state index is -0.0863. The van der Waals surface area contributed by atoms with Crippen LogP contribution in [0.15, 0.2) is 24.4 Å². The van der Waals surface area contributed by atoms with Gasteiger partial charge < -0.3 is 10.1 Å². The van der Waals surface area contributed by atoms with E-state index in [1.54, 1.807) is 0 Å². The van der Waals surface area contributed by atoms with Crippen molar-refractivity contribution in [1.29, 1.82) is 0 Å². The van der Waals surface area contributed by atoms with Crippen molar-refractivity contribution in [2.75, 3.05) is 0 Å². The van der Waals surface area contributed by atoms with Crippen LogP contribution >= 0.6 is 0 Å². The third kappa shape index (κ3) is 7.32. The van der Waals surface area contributed by atoms with E-state index in [1.165, 1.54) is 5.57 Å². The second-order valence-electron chi connectivity index (χ2n) is 3.52. The Labute approximate surface area is 80.7 Å². The summed E-state index contributed by atoms with van der Waals surface area (Å²) in [6, 6.07) is -0.0863. The van der Waals surface area contributed by atoms with Gasteiger partial charge in [-0.3, -0.25) is 0 Å². The maximum Gasteiger partial charge on any atom is 0.142 e. The van der Waals surface area contributed by atoms with Gasteiger partial charge in [0.05, 0.1) is 6.04 Å². The van der Waals surface area contributed by atoms with Gasteiger partial charge in [0.1, 0.15) is 6.29 Å². The maximum absolute atomic E-state index is 10.6. The van der Waals surface area contributed by atoms with Crippen LogP contribution < -0.4 is 5.32 Å². The summed E-state index contributed by atoms with van der Waals surface area (Å²) in [6.45, 7) is 11.4. The van der Waals surface area contributed by atoms with Gasteiger partial charge >= 0.3 is 0 Å². The Hall–Kier alpha value is -1.05. The standard InChI is InChI=1S/C11H19NO/c1-9(2)6-5-7-11(8-13)12-10(3)4/h8,11-12H,1,3,5-7H2,2,4H3. The molecule has 0 aromatic carbocycles. The zero-order valence-corrected chi connectivity index (χ0v) is 8.60. The molecule has 13 heavy (non-hydrogen) atoms. The monoisotopic (exact) mass is 181 g/mol. The van der Waals surface area contributed by atoms with Gasteiger partial charge in [-0.1, -0.05) is 12.2 Å². The van der Waals surface area contributed by atoms with Crippen molar-refractivity contribution < 1.29 is 4.79 Å². The zero-order valence-electron chi connectivity index (χ0n) is 8.60. The van der Waals surface area contributed by atoms with Crippen LogP contribution in [0.1, 0.15) is 33.1 Å². The van der Waals surface area contributed by atoms with E-state index in [4.69, 9.17) is 0 Å². The molecule has 0 amide bonds. The summed E-state index contributed by atoms with van der Waals surface area (Å²) in [7, 11) is 0. The molecule has 0 aliphatic heterocycles. The van der Waals surface area contributed by atoms with Gasteiger partial charge in [0.25, 0.3) is 0 Å². The van der Waals surface area contributed by atoms with Crippen molar-refractivity contribution in [3.63, 3.8) is 0 Å². The van der Waals surface area contributed by atoms with Crippen LogP contribution in [0.5, 0.6) is 0 Å². The average Bonchev–Trinajstić information content (AvgIpc) is 2.01. The van der Waals surface area contributed by atoms with Crippen molar-refractivity contribution >= 4 is 6.29 Å². The fraction of sp³-hybridized carbons (Fsp3) is 0.545. The molecule has 1 N–H and O–H groups in total. The molecule has 74 valence electrons. The molecule has 0 aromatic heterocycles. The minimum Gasteiger partial charge on any atom is -0.380 e. The number of rotatable bonds is 7. The summed E-state index contributed by atoms with van der Waals surface area (Å²) in [6.07, 6.45) is 3.78. The first kappa shape index (κ1) is 11.9. The molecule has 1 unspecified atom stereocenters. The molecule has 2 nitrogen and oxygen atoms in total. The van der Waals surface area contributed by atoms with Gasteiger partial charge in [0.15, 0.2) is 0 Å². The molecule has 0 heterocycles. The number of aldehydes is 1. The Morgan fingerprint density at radius 3 is 2.46 bits per heavy atom. The average molecular weight is 181 g/mol. The molecule has 0 aromatic rings. The molecule has 0 fully saturated rings. The lowest BCUT2D eigenvalue weighted by Gasteiger charge is -2.13. The Morgan fingerprint density at radius 1 is 1.46 bits per heavy atom. The van der Waals surface area contributed by atoms with E-state index in [9.17, 15) is 4.79 Å². The molecule has 0 radical (unpaired) electrons. The predicted molar refractivity (Wildman–Crippen MR) is 56.5 cm³/mol. The van der Waals surface area contributed by atoms with Crippen LogP contribution in [0.2, 0.25) is 0 Å². The Kier molecular flexibility index (Phi) is 5.94. The smallest absolute Gasteiger partial charge is 0.142 e. The summed E-state index contributed by atoms with van der Waals surface area (Å²) < 4.78 is 0. The predicted octanol–water partition coefficient (Wildman–Crippen LogP) is 2.42. The van der Waals surface area contributed by atoms with Crippen LogP contribution in [0.3, 0.4) is 0 Å². The van der Waals surface area contributed by atoms with Gasteiger partial charge in [-0.15, -0.1) is 6.58 Å². The van der Waals surface area contributed by atoms with E-state index < -0.39 is 0 Å². The highest BCUT2D eigenvalue weighted by molar-refractivity contribution is 5.57. The van der Waals surface area contributed by atoms with E-state index in [0.29, 0.717) is 0 Å². The highest BCUT2D eigenvalue weighted by atomic mass is 16.1. The summed E-state index contributed by atoms with van der Waals surface area (Å²) in [4.78, 5) is 10.6. The van der Waals surface area contributed by atoms with Crippen LogP contribution in [0.25, 0.3) is 0 Å². The number of carbonyl (C=O) groups is 1. The van der Waals surface area contributed by atoms with Gasteiger partial charge in [-0.2, -0.15) is 0 Å². The zero-order chi connectivity index (χ0) is 10.3. The topological polar surface area (TPSA) is 29.1 Å². The highest BCUT2D eigenvalue weighted by Crippen LogP contribution is 2.06. The van der Waals surface area contributed by atoms with Crippen molar-refractivity contribution in [3.05, 3.63) is 24.4 Å². The lowest BCUT2D eigenvalue weighted by molar-refractivity contribution is -0.109. The van der Waals surface area contributed by atoms with Gasteiger partial charge in [0.2, 0.25) is 0 Å². The van der Waals surface area contributed by atoms with E-state index in [-0.39, 0.29) is 6.04 Å². The Morgan fingerprint density at radius 2 is 2.08 bits per heavy atom. The van der Waals surface area contributed by atoms with Gasteiger partial charge in [-0.05, 0) is 33.1 Å². The number of hydrogen-bond acceptors (Lipinski definition) is 2. The third-order valence-corrected chi connectivity index (χ3v) is 1.71. The molecule has 0 rings (SSSR count). The summed E-state index contributed by atoms with van der Waals surface area (Å²) in [5.41, 5.74) is 2.01. The van der Waals surface area contributed by atoms with Gasteiger partial charge in [-0.25, -0.2) is 0 Å². The lowest BCUT2D eigenvalue weighted by atomic mass is 10.1. The first-order valence-electron chi connectivity index (χ1n) is 4.58. The molecule has 0 bridgehead atoms. The van der Waals surface area contributed by atoms with Crippen LogP contribution in [-0.4, -0.2) is 12.3 Å². The quantitative estimate of drug-likeness (QED) is 0.483. The Balaban J connectivity index is 3.65. The van der Waals surface area contributed by atoms with Crippen LogP contribution in [0.4, 0.5) is 0 Å². The normalized spacial score (nSPS) is 11.8. The van der Waals surface area contributed by atoms with Crippen molar-refractivity contribution in [3.8, 4) is 0 Å². The van der Waals surface area contributed by atoms with E-state index in [0.717, 1.165) is 31.2 Å². The third-order valence-electron chi connectivity index (χ3n) is 1.71. The number of hydrogen-bond donors (Lipinski definition) is 1. The van der Waals surface area contributed by atoms with Gasteiger partial charge in [0, 0.05) is 5.70 Å². The van der Waals surface area contributed by atoms with Crippen molar-refractivity contribution in [2.24, 2.45) is 0 Å². The lowest BCUT2D eigenvalue weighted by Crippen LogP contribution is -2.28. The minimum absolute atomic E-state index is 0.0863. The van der Waals surface area contributed by atoms with Crippen LogP contribution in [0, 0.1) is 0 Å². The second kappa shape index (κ2) is 6.46. The molecule has 0 saturated carbocycles. The fourth-order valence-electron chi connectivity index (χ4n) is 1.11. The molecule has 1 atom stereocenters. The highest BCUT2D eigenvalue weighted by Gasteiger charge is 2.04. The fourth-order valence-corrected chi connectivity index (χ4v) is 1.11. The number of nitrogens with one attached hydrogen (secondary N) is 1. The molecule has 2 heteroatoms. The number of allylic oxidation sites excluding steroid dienone is 2. The summed E-state index contributed by atoms with van der Waals surface area (Å²) in [5, 5.41) is 3.01. The first-order valence-corrected chi connectivity index (χ1v) is 4.58. The van der Waals surface area contributed by atoms with E-state index in [1.807, 2.05) is 13.8 Å². The summed E-state index contributed by atoms with van der Waals surface area (Å²) in [5.74, 6) is 0. The maximum atomic E-state index is 10.6. The molecule has 0 spiro atoms. The van der Waals surface area contributed by atoms with E-state index >= 15 is 0 Å². The van der Waals surface area contributed by atoms with Crippen molar-refractivity contribution in [2.45, 2.75) is 39.2 Å². The molecule has 0 saturated heterocycles. The Bertz CT molecular complexity index is 196. The van der Waals surface area contributed by atoms with Crippen LogP contribution in [-0.2, 0) is 4.79 Å². The SMILES string of the molecule is C=C(C)CCCC(C=O)NC(=C)C. The summed E-state index contributed by atoms with van der Waals surface area (Å²) >= 11 is 0. The molecule has 0 aliphatic carbocycles. The molecule has 0 aliphatic rings. The first-order chi connectivity index (χ1) is 6.06. The number of carbonyl (C=O) groups excluding carboxylic acids is 1. The van der Waals surface area contributed by atoms with E-state index in [2.05, 4.69) is 18.5 Å². The molecular formula is C11H19NO. The van der Waals surface area contributed by atoms with Crippen molar-refractivity contribution in [1.82, 2.24) is 5.32 Å². The second-order valence-corrected chi connectivity index (χ2v) is 3.52. The largest absolute Gasteiger partial charge is 0.380 e.